The molecular weight excluding hydrogens is 414 g/mol. The summed E-state index contributed by atoms with van der Waals surface area (Å²) in [6.45, 7) is 6.80. The van der Waals surface area contributed by atoms with Gasteiger partial charge in [0.05, 0.1) is 13.2 Å². The zero-order valence-electron chi connectivity index (χ0n) is 19.4. The monoisotopic (exact) mass is 449 g/mol. The van der Waals surface area contributed by atoms with Gasteiger partial charge in [0.2, 0.25) is 5.91 Å². The highest BCUT2D eigenvalue weighted by atomic mass is 16.5. The molecule has 1 atom stereocenters. The lowest BCUT2D eigenvalue weighted by atomic mass is 9.89. The summed E-state index contributed by atoms with van der Waals surface area (Å²) in [6, 6.07) is 12.8. The molecule has 0 radical (unpaired) electrons. The third-order valence-corrected chi connectivity index (χ3v) is 7.34. The Morgan fingerprint density at radius 2 is 1.61 bits per heavy atom. The smallest absolute Gasteiger partial charge is 0.225 e. The fourth-order valence-corrected chi connectivity index (χ4v) is 5.47. The summed E-state index contributed by atoms with van der Waals surface area (Å²) in [4.78, 5) is 29.0. The van der Waals surface area contributed by atoms with Gasteiger partial charge in [-0.15, -0.1) is 0 Å². The maximum Gasteiger partial charge on any atom is 0.225 e. The van der Waals surface area contributed by atoms with Gasteiger partial charge in [-0.05, 0) is 43.6 Å². The average Bonchev–Trinajstić information content (AvgIpc) is 2.90. The number of amides is 1. The number of nitrogens with zero attached hydrogens (tertiary/aromatic N) is 5. The molecule has 0 saturated carbocycles. The molecule has 7 nitrogen and oxygen atoms in total. The van der Waals surface area contributed by atoms with Gasteiger partial charge in [-0.3, -0.25) is 4.79 Å². The molecule has 1 amide bonds. The maximum absolute atomic E-state index is 13.3. The quantitative estimate of drug-likeness (QED) is 0.699. The predicted octanol–water partition coefficient (Wildman–Crippen LogP) is 3.01. The summed E-state index contributed by atoms with van der Waals surface area (Å²) in [5.41, 5.74) is 1.38. The first kappa shape index (κ1) is 22.1. The van der Waals surface area contributed by atoms with Gasteiger partial charge in [0.25, 0.3) is 0 Å². The van der Waals surface area contributed by atoms with Crippen LogP contribution in [0.5, 0.6) is 0 Å². The number of piperidine rings is 2. The minimum absolute atomic E-state index is 0.136. The van der Waals surface area contributed by atoms with Crippen molar-refractivity contribution in [1.82, 2.24) is 14.9 Å². The van der Waals surface area contributed by atoms with Crippen molar-refractivity contribution in [3.05, 3.63) is 48.3 Å². The second kappa shape index (κ2) is 10.5. The van der Waals surface area contributed by atoms with Crippen molar-refractivity contribution in [2.45, 2.75) is 32.1 Å². The van der Waals surface area contributed by atoms with Gasteiger partial charge < -0.3 is 19.4 Å². The van der Waals surface area contributed by atoms with Crippen LogP contribution in [0.4, 0.5) is 11.6 Å². The van der Waals surface area contributed by atoms with Crippen LogP contribution in [0.2, 0.25) is 0 Å². The summed E-state index contributed by atoms with van der Waals surface area (Å²) in [5, 5.41) is 0. The SMILES string of the molecule is O=C(C1CCN(c2cc(N3CCOCC3)ncn2)CC1)N1CCCC(Cc2ccccc2)C1. The molecule has 0 aliphatic carbocycles. The molecule has 33 heavy (non-hydrogen) atoms. The molecule has 0 bridgehead atoms. The maximum atomic E-state index is 13.3. The third-order valence-electron chi connectivity index (χ3n) is 7.34. The van der Waals surface area contributed by atoms with E-state index in [-0.39, 0.29) is 5.92 Å². The van der Waals surface area contributed by atoms with Gasteiger partial charge in [-0.25, -0.2) is 9.97 Å². The zero-order valence-corrected chi connectivity index (χ0v) is 19.4. The Morgan fingerprint density at radius 1 is 0.909 bits per heavy atom. The molecule has 0 N–H and O–H groups in total. The summed E-state index contributed by atoms with van der Waals surface area (Å²) >= 11 is 0. The Kier molecular flexibility index (Phi) is 7.05. The lowest BCUT2D eigenvalue weighted by Crippen LogP contribution is -2.46. The number of benzene rings is 1. The minimum atomic E-state index is 0.136. The molecule has 3 aliphatic rings. The molecule has 7 heteroatoms. The molecule has 2 aromatic rings. The largest absolute Gasteiger partial charge is 0.378 e. The van der Waals surface area contributed by atoms with Crippen molar-refractivity contribution in [2.75, 3.05) is 62.3 Å². The summed E-state index contributed by atoms with van der Waals surface area (Å²) < 4.78 is 5.46. The van der Waals surface area contributed by atoms with E-state index >= 15 is 0 Å². The third kappa shape index (κ3) is 5.46. The molecule has 5 rings (SSSR count). The first-order valence-electron chi connectivity index (χ1n) is 12.5. The number of morpholine rings is 1. The van der Waals surface area contributed by atoms with Crippen LogP contribution >= 0.6 is 0 Å². The first-order valence-corrected chi connectivity index (χ1v) is 12.5. The fraction of sp³-hybridized carbons (Fsp3) is 0.577. The van der Waals surface area contributed by atoms with Crippen LogP contribution in [0.1, 0.15) is 31.2 Å². The Labute approximate surface area is 196 Å². The molecule has 3 fully saturated rings. The Bertz CT molecular complexity index is 910. The normalized spacial score (nSPS) is 22.4. The van der Waals surface area contributed by atoms with E-state index in [4.69, 9.17) is 4.74 Å². The highest BCUT2D eigenvalue weighted by molar-refractivity contribution is 5.79. The molecule has 3 saturated heterocycles. The van der Waals surface area contributed by atoms with Crippen LogP contribution in [0.3, 0.4) is 0 Å². The second-order valence-corrected chi connectivity index (χ2v) is 9.58. The molecule has 0 spiro atoms. The fourth-order valence-electron chi connectivity index (χ4n) is 5.47. The number of rotatable bonds is 5. The highest BCUT2D eigenvalue weighted by Crippen LogP contribution is 2.28. The Morgan fingerprint density at radius 3 is 2.33 bits per heavy atom. The molecule has 3 aliphatic heterocycles. The highest BCUT2D eigenvalue weighted by Gasteiger charge is 2.32. The lowest BCUT2D eigenvalue weighted by Gasteiger charge is -2.38. The van der Waals surface area contributed by atoms with Crippen LogP contribution < -0.4 is 9.80 Å². The number of anilines is 2. The topological polar surface area (TPSA) is 61.8 Å². The van der Waals surface area contributed by atoms with Gasteiger partial charge in [0.1, 0.15) is 18.0 Å². The minimum Gasteiger partial charge on any atom is -0.378 e. The van der Waals surface area contributed by atoms with Gasteiger partial charge >= 0.3 is 0 Å². The van der Waals surface area contributed by atoms with Gasteiger partial charge in [-0.2, -0.15) is 0 Å². The van der Waals surface area contributed by atoms with Gasteiger partial charge in [0.15, 0.2) is 0 Å². The van der Waals surface area contributed by atoms with E-state index in [9.17, 15) is 4.79 Å². The second-order valence-electron chi connectivity index (χ2n) is 9.58. The van der Waals surface area contributed by atoms with Crippen molar-refractivity contribution >= 4 is 17.5 Å². The van der Waals surface area contributed by atoms with Crippen molar-refractivity contribution < 1.29 is 9.53 Å². The summed E-state index contributed by atoms with van der Waals surface area (Å²) in [6.07, 6.45) is 6.87. The number of aromatic nitrogens is 2. The van der Waals surface area contributed by atoms with E-state index in [2.05, 4.69) is 61.1 Å². The van der Waals surface area contributed by atoms with Gasteiger partial charge in [-0.1, -0.05) is 30.3 Å². The van der Waals surface area contributed by atoms with E-state index < -0.39 is 0 Å². The molecule has 176 valence electrons. The number of hydrogen-bond acceptors (Lipinski definition) is 6. The number of hydrogen-bond donors (Lipinski definition) is 0. The standard InChI is InChI=1S/C26H35N5O2/c32-26(31-10-4-7-22(19-31)17-21-5-2-1-3-6-21)23-8-11-29(12-9-23)24-18-25(28-20-27-24)30-13-15-33-16-14-30/h1-3,5-6,18,20,22-23H,4,7-17,19H2. The first-order chi connectivity index (χ1) is 16.3. The van der Waals surface area contributed by atoms with Gasteiger partial charge in [0, 0.05) is 51.3 Å². The molecule has 1 unspecified atom stereocenters. The number of ether oxygens (including phenoxy) is 1. The van der Waals surface area contributed by atoms with E-state index in [1.807, 2.05) is 0 Å². The average molecular weight is 450 g/mol. The van der Waals surface area contributed by atoms with Crippen molar-refractivity contribution in [3.63, 3.8) is 0 Å². The van der Waals surface area contributed by atoms with Crippen LogP contribution in [0, 0.1) is 11.8 Å². The number of carbonyl (C=O) groups excluding carboxylic acids is 1. The number of likely N-dealkylation sites (tertiary alicyclic amines) is 1. The van der Waals surface area contributed by atoms with Crippen LogP contribution in [-0.4, -0.2) is 73.3 Å². The van der Waals surface area contributed by atoms with E-state index in [0.717, 1.165) is 89.8 Å². The Balaban J connectivity index is 1.14. The molecular formula is C26H35N5O2. The van der Waals surface area contributed by atoms with Crippen molar-refractivity contribution in [3.8, 4) is 0 Å². The summed E-state index contributed by atoms with van der Waals surface area (Å²) in [7, 11) is 0. The van der Waals surface area contributed by atoms with Crippen molar-refractivity contribution in [2.24, 2.45) is 11.8 Å². The van der Waals surface area contributed by atoms with Crippen LogP contribution in [0.25, 0.3) is 0 Å². The molecule has 1 aromatic carbocycles. The van der Waals surface area contributed by atoms with Crippen molar-refractivity contribution in [1.29, 1.82) is 0 Å². The molecule has 1 aromatic heterocycles. The summed E-state index contributed by atoms with van der Waals surface area (Å²) in [5.74, 6) is 3.02. The van der Waals surface area contributed by atoms with E-state index in [1.54, 1.807) is 6.33 Å². The predicted molar refractivity (Wildman–Crippen MR) is 129 cm³/mol. The van der Waals surface area contributed by atoms with Crippen LogP contribution in [0.15, 0.2) is 42.7 Å². The molecule has 4 heterocycles. The Hall–Kier alpha value is -2.67. The number of carbonyl (C=O) groups is 1. The van der Waals surface area contributed by atoms with E-state index in [0.29, 0.717) is 11.8 Å². The van der Waals surface area contributed by atoms with Crippen LogP contribution in [-0.2, 0) is 16.0 Å². The lowest BCUT2D eigenvalue weighted by molar-refractivity contribution is -0.138. The zero-order chi connectivity index (χ0) is 22.5. The van der Waals surface area contributed by atoms with E-state index in [1.165, 1.54) is 12.0 Å².